The van der Waals surface area contributed by atoms with Crippen LogP contribution >= 0.6 is 0 Å². The van der Waals surface area contributed by atoms with E-state index < -0.39 is 29.9 Å². The highest BCUT2D eigenvalue weighted by atomic mass is 16.6. The van der Waals surface area contributed by atoms with Crippen LogP contribution in [0.4, 0.5) is 0 Å². The highest BCUT2D eigenvalue weighted by Crippen LogP contribution is 2.50. The minimum absolute atomic E-state index is 0.00999. The Morgan fingerprint density at radius 1 is 1.10 bits per heavy atom. The number of benzene rings is 2. The van der Waals surface area contributed by atoms with Crippen molar-refractivity contribution in [2.75, 3.05) is 6.61 Å². The smallest absolute Gasteiger partial charge is 0.347 e. The standard InChI is InChI=1S/C20H20O9/c1-4-27-7-11-15(23)14(19(24)25)9(3)16-18(11)29-20(26)13-8(2)5-12(22)10(6-21)17(13)28-16/h5,21-23H,4,6-7H2,1-3H3,(H,24,25). The maximum atomic E-state index is 12.8. The number of aliphatic hydroxyl groups is 1. The van der Waals surface area contributed by atoms with E-state index in [0.717, 1.165) is 0 Å². The van der Waals surface area contributed by atoms with Gasteiger partial charge in [-0.05, 0) is 32.4 Å². The van der Waals surface area contributed by atoms with Gasteiger partial charge in [-0.3, -0.25) is 0 Å². The van der Waals surface area contributed by atoms with E-state index in [4.69, 9.17) is 14.2 Å². The molecule has 0 atom stereocenters. The first-order valence-electron chi connectivity index (χ1n) is 8.78. The van der Waals surface area contributed by atoms with Crippen molar-refractivity contribution in [2.45, 2.75) is 34.0 Å². The highest BCUT2D eigenvalue weighted by molar-refractivity contribution is 6.00. The normalized spacial score (nSPS) is 12.5. The van der Waals surface area contributed by atoms with Gasteiger partial charge < -0.3 is 34.6 Å². The number of phenols is 2. The van der Waals surface area contributed by atoms with Crippen LogP contribution in [0, 0.1) is 13.8 Å². The predicted octanol–water partition coefficient (Wildman–Crippen LogP) is 2.77. The summed E-state index contributed by atoms with van der Waals surface area (Å²) >= 11 is 0. The van der Waals surface area contributed by atoms with Crippen LogP contribution in [0.3, 0.4) is 0 Å². The average Bonchev–Trinajstić information content (AvgIpc) is 2.78. The number of carboxylic acids is 1. The second-order valence-electron chi connectivity index (χ2n) is 6.47. The third-order valence-corrected chi connectivity index (χ3v) is 4.70. The van der Waals surface area contributed by atoms with Crippen molar-refractivity contribution in [3.8, 4) is 28.7 Å². The van der Waals surface area contributed by atoms with Crippen molar-refractivity contribution >= 4 is 11.9 Å². The van der Waals surface area contributed by atoms with E-state index in [2.05, 4.69) is 0 Å². The fourth-order valence-corrected chi connectivity index (χ4v) is 3.26. The van der Waals surface area contributed by atoms with E-state index in [0.29, 0.717) is 5.56 Å². The molecular weight excluding hydrogens is 384 g/mol. The average molecular weight is 404 g/mol. The summed E-state index contributed by atoms with van der Waals surface area (Å²) in [5, 5.41) is 39.9. The van der Waals surface area contributed by atoms with Gasteiger partial charge in [0.05, 0.1) is 24.3 Å². The Bertz CT molecular complexity index is 1020. The molecular formula is C20H20O9. The molecule has 0 aliphatic carbocycles. The van der Waals surface area contributed by atoms with Gasteiger partial charge in [-0.2, -0.15) is 0 Å². The molecule has 9 heteroatoms. The van der Waals surface area contributed by atoms with Gasteiger partial charge in [0.2, 0.25) is 0 Å². The maximum absolute atomic E-state index is 12.8. The number of carboxylic acid groups (broad SMARTS) is 1. The molecule has 0 radical (unpaired) electrons. The minimum Gasteiger partial charge on any atom is -0.507 e. The number of fused-ring (bicyclic) bond motifs is 2. The van der Waals surface area contributed by atoms with Crippen LogP contribution in [0.15, 0.2) is 6.07 Å². The first kappa shape index (κ1) is 20.4. The van der Waals surface area contributed by atoms with Crippen molar-refractivity contribution in [3.63, 3.8) is 0 Å². The monoisotopic (exact) mass is 404 g/mol. The van der Waals surface area contributed by atoms with Crippen LogP contribution in [0.2, 0.25) is 0 Å². The summed E-state index contributed by atoms with van der Waals surface area (Å²) in [6, 6.07) is 1.29. The van der Waals surface area contributed by atoms with E-state index in [9.17, 15) is 30.0 Å². The Kier molecular flexibility index (Phi) is 5.36. The summed E-state index contributed by atoms with van der Waals surface area (Å²) in [6.45, 7) is 4.05. The molecule has 1 heterocycles. The largest absolute Gasteiger partial charge is 0.507 e. The van der Waals surface area contributed by atoms with Gasteiger partial charge in [0.15, 0.2) is 17.2 Å². The van der Waals surface area contributed by atoms with E-state index in [1.165, 1.54) is 13.0 Å². The van der Waals surface area contributed by atoms with E-state index in [1.54, 1.807) is 13.8 Å². The van der Waals surface area contributed by atoms with Crippen molar-refractivity contribution in [1.29, 1.82) is 0 Å². The molecule has 0 aromatic heterocycles. The van der Waals surface area contributed by atoms with E-state index in [-0.39, 0.29) is 58.5 Å². The van der Waals surface area contributed by atoms with Gasteiger partial charge in [0, 0.05) is 12.2 Å². The molecule has 0 saturated heterocycles. The number of aromatic hydroxyl groups is 2. The van der Waals surface area contributed by atoms with Crippen molar-refractivity contribution < 1.29 is 44.2 Å². The van der Waals surface area contributed by atoms with Crippen molar-refractivity contribution in [3.05, 3.63) is 39.4 Å². The van der Waals surface area contributed by atoms with Gasteiger partial charge >= 0.3 is 11.9 Å². The molecule has 2 aromatic rings. The summed E-state index contributed by atoms with van der Waals surface area (Å²) < 4.78 is 16.6. The third-order valence-electron chi connectivity index (χ3n) is 4.70. The lowest BCUT2D eigenvalue weighted by molar-refractivity contribution is 0.0691. The summed E-state index contributed by atoms with van der Waals surface area (Å²) in [4.78, 5) is 24.6. The zero-order valence-corrected chi connectivity index (χ0v) is 16.0. The zero-order valence-electron chi connectivity index (χ0n) is 16.0. The molecule has 29 heavy (non-hydrogen) atoms. The van der Waals surface area contributed by atoms with Gasteiger partial charge in [0.1, 0.15) is 22.6 Å². The number of ether oxygens (including phenoxy) is 3. The van der Waals surface area contributed by atoms with Gasteiger partial charge in [-0.25, -0.2) is 9.59 Å². The second-order valence-corrected chi connectivity index (χ2v) is 6.47. The van der Waals surface area contributed by atoms with Crippen LogP contribution in [0.25, 0.3) is 0 Å². The van der Waals surface area contributed by atoms with Crippen molar-refractivity contribution in [1.82, 2.24) is 0 Å². The Balaban J connectivity index is 2.37. The highest BCUT2D eigenvalue weighted by Gasteiger charge is 2.35. The molecule has 1 aliphatic rings. The molecule has 0 unspecified atom stereocenters. The number of carbonyl (C=O) groups is 2. The molecule has 0 bridgehead atoms. The number of aryl methyl sites for hydroxylation is 1. The SMILES string of the molecule is CCOCc1c(O)c(C(=O)O)c(C)c2c1OC(=O)c1c(C)cc(O)c(CO)c1O2. The Hall–Kier alpha value is -3.30. The molecule has 3 rings (SSSR count). The molecule has 9 nitrogen and oxygen atoms in total. The quantitative estimate of drug-likeness (QED) is 0.437. The fourth-order valence-electron chi connectivity index (χ4n) is 3.26. The topological polar surface area (TPSA) is 143 Å². The lowest BCUT2D eigenvalue weighted by Gasteiger charge is -2.19. The molecule has 0 amide bonds. The molecule has 1 aliphatic heterocycles. The summed E-state index contributed by atoms with van der Waals surface area (Å²) in [6.07, 6.45) is 0. The van der Waals surface area contributed by atoms with Crippen LogP contribution in [-0.2, 0) is 18.0 Å². The number of hydrogen-bond acceptors (Lipinski definition) is 8. The molecule has 0 spiro atoms. The zero-order chi connectivity index (χ0) is 21.5. The van der Waals surface area contributed by atoms with Crippen LogP contribution < -0.4 is 9.47 Å². The predicted molar refractivity (Wildman–Crippen MR) is 98.9 cm³/mol. The Morgan fingerprint density at radius 3 is 2.38 bits per heavy atom. The fraction of sp³-hybridized carbons (Fsp3) is 0.300. The number of esters is 1. The van der Waals surface area contributed by atoms with Crippen LogP contribution in [-0.4, -0.2) is 39.0 Å². The first-order valence-corrected chi connectivity index (χ1v) is 8.78. The van der Waals surface area contributed by atoms with Crippen LogP contribution in [0.1, 0.15) is 49.9 Å². The summed E-state index contributed by atoms with van der Waals surface area (Å²) in [5.41, 5.74) is -0.221. The van der Waals surface area contributed by atoms with Crippen LogP contribution in [0.5, 0.6) is 28.7 Å². The number of aliphatic hydroxyl groups excluding tert-OH is 1. The summed E-state index contributed by atoms with van der Waals surface area (Å²) in [5.74, 6) is -3.57. The number of aromatic carboxylic acids is 1. The van der Waals surface area contributed by atoms with Gasteiger partial charge in [0.25, 0.3) is 0 Å². The Labute approximate surface area is 165 Å². The third kappa shape index (κ3) is 3.24. The second kappa shape index (κ2) is 7.61. The first-order chi connectivity index (χ1) is 13.7. The number of hydrogen-bond donors (Lipinski definition) is 4. The lowest BCUT2D eigenvalue weighted by Crippen LogP contribution is -2.12. The lowest BCUT2D eigenvalue weighted by atomic mass is 10.0. The van der Waals surface area contributed by atoms with Gasteiger partial charge in [-0.1, -0.05) is 0 Å². The molecule has 0 fully saturated rings. The van der Waals surface area contributed by atoms with Gasteiger partial charge in [-0.15, -0.1) is 0 Å². The molecule has 154 valence electrons. The minimum atomic E-state index is -1.41. The Morgan fingerprint density at radius 2 is 1.79 bits per heavy atom. The molecule has 4 N–H and O–H groups in total. The number of carbonyl (C=O) groups excluding carboxylic acids is 1. The maximum Gasteiger partial charge on any atom is 0.347 e. The molecule has 0 saturated carbocycles. The number of rotatable bonds is 5. The van der Waals surface area contributed by atoms with E-state index in [1.807, 2.05) is 0 Å². The molecule has 2 aromatic carbocycles. The van der Waals surface area contributed by atoms with Crippen molar-refractivity contribution in [2.24, 2.45) is 0 Å². The summed E-state index contributed by atoms with van der Waals surface area (Å²) in [7, 11) is 0. The van der Waals surface area contributed by atoms with E-state index >= 15 is 0 Å².